The van der Waals surface area contributed by atoms with Crippen molar-refractivity contribution in [2.45, 2.75) is 18.9 Å². The lowest BCUT2D eigenvalue weighted by molar-refractivity contribution is -0.108. The van der Waals surface area contributed by atoms with E-state index in [2.05, 4.69) is 9.55 Å². The van der Waals surface area contributed by atoms with E-state index in [1.165, 1.54) is 0 Å². The second-order valence-electron chi connectivity index (χ2n) is 5.54. The standard InChI is InChI=1S/C19H16Cl2N2O/c20-17-7-6-15(12-18(17)21)16(8-11-24)13-23-10-9-22-19(23)14-4-2-1-3-5-14/h1-7,9-12,16H,8,13H2/t16-/m1/s1. The van der Waals surface area contributed by atoms with Crippen molar-refractivity contribution in [1.29, 1.82) is 0 Å². The van der Waals surface area contributed by atoms with Gasteiger partial charge < -0.3 is 9.36 Å². The van der Waals surface area contributed by atoms with Gasteiger partial charge >= 0.3 is 0 Å². The van der Waals surface area contributed by atoms with Gasteiger partial charge in [0.25, 0.3) is 0 Å². The molecule has 0 N–H and O–H groups in total. The third-order valence-electron chi connectivity index (χ3n) is 3.96. The van der Waals surface area contributed by atoms with Crippen molar-refractivity contribution < 1.29 is 4.79 Å². The van der Waals surface area contributed by atoms with Crippen LogP contribution in [-0.4, -0.2) is 15.8 Å². The molecule has 0 saturated carbocycles. The van der Waals surface area contributed by atoms with Crippen LogP contribution in [0.5, 0.6) is 0 Å². The fraction of sp³-hybridized carbons (Fsp3) is 0.158. The van der Waals surface area contributed by atoms with Crippen LogP contribution in [-0.2, 0) is 11.3 Å². The summed E-state index contributed by atoms with van der Waals surface area (Å²) in [5.74, 6) is 0.889. The molecule has 0 aliphatic heterocycles. The molecule has 0 radical (unpaired) electrons. The maximum atomic E-state index is 11.1. The van der Waals surface area contributed by atoms with Gasteiger partial charge in [0, 0.05) is 36.8 Å². The third-order valence-corrected chi connectivity index (χ3v) is 4.70. The molecule has 0 spiro atoms. The smallest absolute Gasteiger partial charge is 0.139 e. The van der Waals surface area contributed by atoms with Gasteiger partial charge in [-0.05, 0) is 17.7 Å². The summed E-state index contributed by atoms with van der Waals surface area (Å²) >= 11 is 12.1. The predicted molar refractivity (Wildman–Crippen MR) is 97.5 cm³/mol. The number of rotatable bonds is 6. The van der Waals surface area contributed by atoms with Gasteiger partial charge in [-0.3, -0.25) is 0 Å². The highest BCUT2D eigenvalue weighted by Gasteiger charge is 2.16. The van der Waals surface area contributed by atoms with Crippen molar-refractivity contribution in [2.75, 3.05) is 0 Å². The number of aldehydes is 1. The van der Waals surface area contributed by atoms with Crippen LogP contribution in [0, 0.1) is 0 Å². The zero-order valence-electron chi connectivity index (χ0n) is 12.9. The molecule has 0 amide bonds. The highest BCUT2D eigenvalue weighted by atomic mass is 35.5. The van der Waals surface area contributed by atoms with Crippen molar-refractivity contribution in [3.05, 3.63) is 76.5 Å². The minimum atomic E-state index is 0.00827. The number of imidazole rings is 1. The van der Waals surface area contributed by atoms with Crippen LogP contribution in [0.25, 0.3) is 11.4 Å². The minimum Gasteiger partial charge on any atom is -0.330 e. The number of benzene rings is 2. The van der Waals surface area contributed by atoms with Crippen LogP contribution >= 0.6 is 23.2 Å². The molecular weight excluding hydrogens is 343 g/mol. The van der Waals surface area contributed by atoms with Gasteiger partial charge in [-0.1, -0.05) is 59.6 Å². The first-order valence-corrected chi connectivity index (χ1v) is 8.39. The summed E-state index contributed by atoms with van der Waals surface area (Å²) in [6.45, 7) is 0.640. The maximum Gasteiger partial charge on any atom is 0.139 e. The van der Waals surface area contributed by atoms with Gasteiger partial charge in [0.15, 0.2) is 0 Å². The molecule has 0 aliphatic rings. The van der Waals surface area contributed by atoms with Crippen LogP contribution in [0.3, 0.4) is 0 Å². The van der Waals surface area contributed by atoms with E-state index in [1.807, 2.05) is 48.7 Å². The molecule has 2 aromatic carbocycles. The molecule has 0 fully saturated rings. The van der Waals surface area contributed by atoms with E-state index in [0.717, 1.165) is 23.2 Å². The van der Waals surface area contributed by atoms with E-state index < -0.39 is 0 Å². The first-order chi connectivity index (χ1) is 11.7. The minimum absolute atomic E-state index is 0.00827. The molecule has 3 nitrogen and oxygen atoms in total. The Bertz CT molecular complexity index is 830. The number of nitrogens with zero attached hydrogens (tertiary/aromatic N) is 2. The molecule has 0 saturated heterocycles. The Morgan fingerprint density at radius 2 is 1.88 bits per heavy atom. The summed E-state index contributed by atoms with van der Waals surface area (Å²) in [5.41, 5.74) is 2.03. The molecule has 1 atom stereocenters. The lowest BCUT2D eigenvalue weighted by Gasteiger charge is -2.18. The SMILES string of the molecule is O=CC[C@H](Cn1ccnc1-c1ccccc1)c1ccc(Cl)c(Cl)c1. The molecule has 122 valence electrons. The number of hydrogen-bond donors (Lipinski definition) is 0. The van der Waals surface area contributed by atoms with Gasteiger partial charge in [0.2, 0.25) is 0 Å². The zero-order chi connectivity index (χ0) is 16.9. The normalized spacial score (nSPS) is 12.1. The monoisotopic (exact) mass is 358 g/mol. The molecule has 0 aliphatic carbocycles. The van der Waals surface area contributed by atoms with E-state index in [4.69, 9.17) is 23.2 Å². The molecule has 0 unspecified atom stereocenters. The van der Waals surface area contributed by atoms with Crippen molar-refractivity contribution in [2.24, 2.45) is 0 Å². The Balaban J connectivity index is 1.91. The van der Waals surface area contributed by atoms with E-state index in [-0.39, 0.29) is 5.92 Å². The summed E-state index contributed by atoms with van der Waals surface area (Å²) in [5, 5.41) is 1.01. The van der Waals surface area contributed by atoms with Gasteiger partial charge in [-0.2, -0.15) is 0 Å². The molecule has 3 rings (SSSR count). The largest absolute Gasteiger partial charge is 0.330 e. The molecular formula is C19H16Cl2N2O. The van der Waals surface area contributed by atoms with Crippen molar-refractivity contribution in [3.63, 3.8) is 0 Å². The van der Waals surface area contributed by atoms with E-state index in [9.17, 15) is 4.79 Å². The first-order valence-electron chi connectivity index (χ1n) is 7.64. The van der Waals surface area contributed by atoms with Gasteiger partial charge in [-0.15, -0.1) is 0 Å². The van der Waals surface area contributed by atoms with Crippen LogP contribution in [0.1, 0.15) is 17.9 Å². The van der Waals surface area contributed by atoms with E-state index >= 15 is 0 Å². The second kappa shape index (κ2) is 7.65. The fourth-order valence-corrected chi connectivity index (χ4v) is 3.05. The number of hydrogen-bond acceptors (Lipinski definition) is 2. The first kappa shape index (κ1) is 16.7. The Kier molecular flexibility index (Phi) is 5.34. The number of halogens is 2. The van der Waals surface area contributed by atoms with Gasteiger partial charge in [0.05, 0.1) is 10.0 Å². The Labute approximate surface area is 150 Å². The highest BCUT2D eigenvalue weighted by molar-refractivity contribution is 6.42. The Morgan fingerprint density at radius 3 is 2.58 bits per heavy atom. The van der Waals surface area contributed by atoms with Crippen LogP contribution in [0.4, 0.5) is 0 Å². The Hall–Kier alpha value is -2.10. The third kappa shape index (κ3) is 3.69. The van der Waals surface area contributed by atoms with Gasteiger partial charge in [-0.25, -0.2) is 4.98 Å². The zero-order valence-corrected chi connectivity index (χ0v) is 14.4. The van der Waals surface area contributed by atoms with Crippen molar-refractivity contribution >= 4 is 29.5 Å². The topological polar surface area (TPSA) is 34.9 Å². The number of aromatic nitrogens is 2. The second-order valence-corrected chi connectivity index (χ2v) is 6.36. The summed E-state index contributed by atoms with van der Waals surface area (Å²) in [6.07, 6.45) is 5.05. The lowest BCUT2D eigenvalue weighted by Crippen LogP contribution is -2.10. The van der Waals surface area contributed by atoms with Crippen molar-refractivity contribution in [3.8, 4) is 11.4 Å². The quantitative estimate of drug-likeness (QED) is 0.565. The van der Waals surface area contributed by atoms with Crippen LogP contribution in [0.15, 0.2) is 60.9 Å². The molecule has 1 aromatic heterocycles. The van der Waals surface area contributed by atoms with Crippen LogP contribution < -0.4 is 0 Å². The van der Waals surface area contributed by atoms with E-state index in [1.54, 1.807) is 12.3 Å². The summed E-state index contributed by atoms with van der Waals surface area (Å²) in [4.78, 5) is 15.6. The molecule has 1 heterocycles. The maximum absolute atomic E-state index is 11.1. The van der Waals surface area contributed by atoms with Crippen molar-refractivity contribution in [1.82, 2.24) is 9.55 Å². The van der Waals surface area contributed by atoms with Gasteiger partial charge in [0.1, 0.15) is 12.1 Å². The summed E-state index contributed by atoms with van der Waals surface area (Å²) < 4.78 is 2.06. The molecule has 3 aromatic rings. The molecule has 5 heteroatoms. The van der Waals surface area contributed by atoms with E-state index in [0.29, 0.717) is 23.0 Å². The lowest BCUT2D eigenvalue weighted by atomic mass is 9.96. The number of carbonyl (C=O) groups excluding carboxylic acids is 1. The summed E-state index contributed by atoms with van der Waals surface area (Å²) in [6, 6.07) is 15.5. The predicted octanol–water partition coefficient (Wildman–Crippen LogP) is 5.23. The average Bonchev–Trinajstić information content (AvgIpc) is 3.06. The fourth-order valence-electron chi connectivity index (χ4n) is 2.74. The summed E-state index contributed by atoms with van der Waals surface area (Å²) in [7, 11) is 0. The average molecular weight is 359 g/mol. The highest BCUT2D eigenvalue weighted by Crippen LogP contribution is 2.30. The number of carbonyl (C=O) groups is 1. The van der Waals surface area contributed by atoms with Crippen LogP contribution in [0.2, 0.25) is 10.0 Å². The Morgan fingerprint density at radius 1 is 1.08 bits per heavy atom. The molecule has 0 bridgehead atoms. The molecule has 24 heavy (non-hydrogen) atoms.